The van der Waals surface area contributed by atoms with Crippen LogP contribution in [-0.4, -0.2) is 39.2 Å². The first kappa shape index (κ1) is 13.8. The van der Waals surface area contributed by atoms with Crippen molar-refractivity contribution in [3.63, 3.8) is 0 Å². The van der Waals surface area contributed by atoms with Gasteiger partial charge in [-0.1, -0.05) is 23.7 Å². The zero-order valence-corrected chi connectivity index (χ0v) is 11.8. The van der Waals surface area contributed by atoms with Gasteiger partial charge < -0.3 is 10.5 Å². The van der Waals surface area contributed by atoms with Crippen molar-refractivity contribution in [2.45, 2.75) is 16.7 Å². The van der Waals surface area contributed by atoms with Crippen molar-refractivity contribution in [1.29, 1.82) is 0 Å². The van der Waals surface area contributed by atoms with Crippen LogP contribution in [0, 0.1) is 0 Å². The van der Waals surface area contributed by atoms with Crippen molar-refractivity contribution >= 4 is 21.4 Å². The van der Waals surface area contributed by atoms with E-state index >= 15 is 0 Å². The third kappa shape index (κ3) is 2.28. The maximum atomic E-state index is 11.8. The highest BCUT2D eigenvalue weighted by molar-refractivity contribution is 7.91. The summed E-state index contributed by atoms with van der Waals surface area (Å²) in [5.41, 5.74) is 6.16. The molecule has 0 aliphatic heterocycles. The molecule has 2 rings (SSSR count). The maximum Gasteiger partial charge on any atom is 0.152 e. The van der Waals surface area contributed by atoms with E-state index in [9.17, 15) is 8.42 Å². The molecular formula is C12H16ClNO3S. The Kier molecular flexibility index (Phi) is 3.44. The molecule has 1 aromatic rings. The summed E-state index contributed by atoms with van der Waals surface area (Å²) in [4.78, 5) is 0. The molecule has 0 saturated heterocycles. The third-order valence-corrected chi connectivity index (χ3v) is 5.23. The van der Waals surface area contributed by atoms with E-state index in [1.54, 1.807) is 18.2 Å². The highest BCUT2D eigenvalue weighted by atomic mass is 35.5. The summed E-state index contributed by atoms with van der Waals surface area (Å²) in [5.74, 6) is -0.258. The van der Waals surface area contributed by atoms with Crippen molar-refractivity contribution in [3.8, 4) is 0 Å². The van der Waals surface area contributed by atoms with Gasteiger partial charge in [-0.2, -0.15) is 0 Å². The fourth-order valence-corrected chi connectivity index (χ4v) is 4.71. The first-order valence-electron chi connectivity index (χ1n) is 5.53. The molecule has 1 aliphatic carbocycles. The van der Waals surface area contributed by atoms with Gasteiger partial charge in [0.1, 0.15) is 0 Å². The number of hydrogen-bond donors (Lipinski definition) is 1. The van der Waals surface area contributed by atoms with Crippen LogP contribution in [0.2, 0.25) is 5.02 Å². The Hall–Kier alpha value is -0.620. The SMILES string of the molecule is COC[C@@]1(N)[C@H](c2cccc(Cl)c2)[C@@H]1S(C)(=O)=O. The Morgan fingerprint density at radius 1 is 1.50 bits per heavy atom. The fraction of sp³-hybridized carbons (Fsp3) is 0.500. The van der Waals surface area contributed by atoms with E-state index in [1.165, 1.54) is 13.4 Å². The van der Waals surface area contributed by atoms with E-state index in [-0.39, 0.29) is 12.5 Å². The third-order valence-electron chi connectivity index (χ3n) is 3.37. The molecule has 1 fully saturated rings. The first-order chi connectivity index (χ1) is 8.30. The second-order valence-corrected chi connectivity index (χ2v) is 7.43. The average molecular weight is 290 g/mol. The van der Waals surface area contributed by atoms with Gasteiger partial charge in [-0.15, -0.1) is 0 Å². The van der Waals surface area contributed by atoms with Gasteiger partial charge >= 0.3 is 0 Å². The fourth-order valence-electron chi connectivity index (χ4n) is 2.68. The van der Waals surface area contributed by atoms with Gasteiger partial charge in [-0.25, -0.2) is 8.42 Å². The molecule has 0 heterocycles. The zero-order valence-electron chi connectivity index (χ0n) is 10.3. The topological polar surface area (TPSA) is 69.4 Å². The molecule has 100 valence electrons. The van der Waals surface area contributed by atoms with Crippen molar-refractivity contribution in [3.05, 3.63) is 34.9 Å². The van der Waals surface area contributed by atoms with Crippen LogP contribution in [0.4, 0.5) is 0 Å². The molecule has 3 atom stereocenters. The number of nitrogens with two attached hydrogens (primary N) is 1. The standard InChI is InChI=1S/C12H16ClNO3S/c1-17-7-12(14)10(11(12)18(2,15)16)8-4-3-5-9(13)6-8/h3-6,10-11H,7,14H2,1-2H3/t10-,11+,12-/m1/s1. The minimum atomic E-state index is -3.22. The molecule has 1 saturated carbocycles. The molecule has 0 amide bonds. The maximum absolute atomic E-state index is 11.8. The zero-order chi connectivity index (χ0) is 13.6. The van der Waals surface area contributed by atoms with Crippen LogP contribution in [0.1, 0.15) is 11.5 Å². The Morgan fingerprint density at radius 3 is 2.67 bits per heavy atom. The number of hydrogen-bond acceptors (Lipinski definition) is 4. The minimum Gasteiger partial charge on any atom is -0.383 e. The summed E-state index contributed by atoms with van der Waals surface area (Å²) < 4.78 is 28.6. The minimum absolute atomic E-state index is 0.210. The van der Waals surface area contributed by atoms with E-state index in [1.807, 2.05) is 6.07 Å². The molecule has 4 nitrogen and oxygen atoms in total. The van der Waals surface area contributed by atoms with E-state index < -0.39 is 20.6 Å². The highest BCUT2D eigenvalue weighted by Crippen LogP contribution is 2.54. The molecule has 0 unspecified atom stereocenters. The van der Waals surface area contributed by atoms with Gasteiger partial charge in [0.25, 0.3) is 0 Å². The first-order valence-corrected chi connectivity index (χ1v) is 7.86. The van der Waals surface area contributed by atoms with Crippen LogP contribution < -0.4 is 5.73 Å². The normalized spacial score (nSPS) is 31.3. The van der Waals surface area contributed by atoms with Gasteiger partial charge in [0.2, 0.25) is 0 Å². The molecule has 0 radical (unpaired) electrons. The lowest BCUT2D eigenvalue weighted by Crippen LogP contribution is -2.35. The van der Waals surface area contributed by atoms with Crippen molar-refractivity contribution in [2.75, 3.05) is 20.0 Å². The van der Waals surface area contributed by atoms with Gasteiger partial charge in [0, 0.05) is 24.3 Å². The molecule has 2 N–H and O–H groups in total. The van der Waals surface area contributed by atoms with Crippen LogP contribution >= 0.6 is 11.6 Å². The summed E-state index contributed by atoms with van der Waals surface area (Å²) >= 11 is 5.93. The van der Waals surface area contributed by atoms with E-state index in [2.05, 4.69) is 0 Å². The smallest absolute Gasteiger partial charge is 0.152 e. The monoisotopic (exact) mass is 289 g/mol. The molecule has 1 aromatic carbocycles. The average Bonchev–Trinajstić information content (AvgIpc) is 2.85. The summed E-state index contributed by atoms with van der Waals surface area (Å²) in [6.07, 6.45) is 1.21. The van der Waals surface area contributed by atoms with Crippen molar-refractivity contribution < 1.29 is 13.2 Å². The lowest BCUT2D eigenvalue weighted by Gasteiger charge is -2.10. The number of ether oxygens (including phenoxy) is 1. The molecule has 1 aliphatic rings. The molecule has 6 heteroatoms. The predicted octanol–water partition coefficient (Wildman–Crippen LogP) is 1.19. The van der Waals surface area contributed by atoms with Crippen LogP contribution in [0.25, 0.3) is 0 Å². The summed E-state index contributed by atoms with van der Waals surface area (Å²) in [5, 5.41) is -0.0326. The quantitative estimate of drug-likeness (QED) is 0.904. The molecule has 0 aromatic heterocycles. The highest BCUT2D eigenvalue weighted by Gasteiger charge is 2.67. The van der Waals surface area contributed by atoms with Crippen LogP contribution in [0.3, 0.4) is 0 Å². The lowest BCUT2D eigenvalue weighted by atomic mass is 10.1. The van der Waals surface area contributed by atoms with Crippen molar-refractivity contribution in [1.82, 2.24) is 0 Å². The van der Waals surface area contributed by atoms with Crippen LogP contribution in [0.15, 0.2) is 24.3 Å². The van der Waals surface area contributed by atoms with Gasteiger partial charge in [0.15, 0.2) is 9.84 Å². The van der Waals surface area contributed by atoms with E-state index in [0.717, 1.165) is 5.56 Å². The number of sulfone groups is 1. The van der Waals surface area contributed by atoms with E-state index in [0.29, 0.717) is 5.02 Å². The Labute approximate surface area is 112 Å². The number of methoxy groups -OCH3 is 1. The second kappa shape index (κ2) is 4.49. The lowest BCUT2D eigenvalue weighted by molar-refractivity contribution is 0.171. The van der Waals surface area contributed by atoms with Gasteiger partial charge in [-0.05, 0) is 17.7 Å². The number of benzene rings is 1. The van der Waals surface area contributed by atoms with E-state index in [4.69, 9.17) is 22.1 Å². The Balaban J connectivity index is 2.39. The Morgan fingerprint density at radius 2 is 2.17 bits per heavy atom. The summed E-state index contributed by atoms with van der Waals surface area (Å²) in [7, 11) is -1.70. The second-order valence-electron chi connectivity index (χ2n) is 4.83. The van der Waals surface area contributed by atoms with Gasteiger partial charge in [0.05, 0.1) is 17.4 Å². The predicted molar refractivity (Wildman–Crippen MR) is 71.6 cm³/mol. The van der Waals surface area contributed by atoms with Gasteiger partial charge in [-0.3, -0.25) is 0 Å². The molecule has 18 heavy (non-hydrogen) atoms. The summed E-state index contributed by atoms with van der Waals surface area (Å²) in [6.45, 7) is 0.210. The number of halogens is 1. The number of rotatable bonds is 4. The molecule has 0 spiro atoms. The van der Waals surface area contributed by atoms with Crippen LogP contribution in [0.5, 0.6) is 0 Å². The van der Waals surface area contributed by atoms with Crippen molar-refractivity contribution in [2.24, 2.45) is 5.73 Å². The molecular weight excluding hydrogens is 274 g/mol. The Bertz CT molecular complexity index is 560. The molecule has 0 bridgehead atoms. The summed E-state index contributed by atoms with van der Waals surface area (Å²) in [6, 6.07) is 7.15. The van der Waals surface area contributed by atoms with Crippen LogP contribution in [-0.2, 0) is 14.6 Å². The largest absolute Gasteiger partial charge is 0.383 e.